The number of nitrogens with zero attached hydrogens (tertiary/aromatic N) is 1. The maximum atomic E-state index is 13.1. The summed E-state index contributed by atoms with van der Waals surface area (Å²) < 4.78 is 5.10. The van der Waals surface area contributed by atoms with Gasteiger partial charge >= 0.3 is 5.97 Å². The number of nitrogens with one attached hydrogen (secondary N) is 1. The van der Waals surface area contributed by atoms with Crippen molar-refractivity contribution >= 4 is 87.4 Å². The molecule has 0 unspecified atom stereocenters. The van der Waals surface area contributed by atoms with Gasteiger partial charge in [0.2, 0.25) is 0 Å². The number of rotatable bonds is 6. The second-order valence-corrected chi connectivity index (χ2v) is 9.29. The number of amides is 3. The van der Waals surface area contributed by atoms with Gasteiger partial charge in [0.05, 0.1) is 31.2 Å². The molecule has 1 heterocycles. The summed E-state index contributed by atoms with van der Waals surface area (Å²) in [7, 11) is 0. The van der Waals surface area contributed by atoms with E-state index < -0.39 is 42.3 Å². The molecule has 3 rings (SSSR count). The van der Waals surface area contributed by atoms with Gasteiger partial charge in [-0.3, -0.25) is 19.3 Å². The maximum absolute atomic E-state index is 13.1. The molecular formula is C21H15Cl5N2O5. The quantitative estimate of drug-likeness (QED) is 0.213. The predicted molar refractivity (Wildman–Crippen MR) is 127 cm³/mol. The number of esters is 1. The van der Waals surface area contributed by atoms with Gasteiger partial charge in [-0.25, -0.2) is 4.79 Å². The number of hydrogen-bond donors (Lipinski definition) is 1. The number of imide groups is 1. The van der Waals surface area contributed by atoms with E-state index in [0.717, 1.165) is 0 Å². The molecule has 1 atom stereocenters. The largest absolute Gasteiger partial charge is 0.454 e. The van der Waals surface area contributed by atoms with Crippen LogP contribution in [0.3, 0.4) is 0 Å². The van der Waals surface area contributed by atoms with Crippen LogP contribution in [-0.4, -0.2) is 41.2 Å². The first-order chi connectivity index (χ1) is 15.5. The smallest absolute Gasteiger partial charge is 0.330 e. The summed E-state index contributed by atoms with van der Waals surface area (Å²) in [5, 5.41) is 2.05. The van der Waals surface area contributed by atoms with E-state index in [1.54, 1.807) is 32.0 Å². The van der Waals surface area contributed by atoms with Crippen LogP contribution in [0, 0.1) is 5.92 Å². The molecule has 0 saturated carbocycles. The van der Waals surface area contributed by atoms with E-state index in [4.69, 9.17) is 62.7 Å². The fraction of sp³-hybridized carbons (Fsp3) is 0.238. The monoisotopic (exact) mass is 550 g/mol. The molecule has 0 bridgehead atoms. The molecular weight excluding hydrogens is 538 g/mol. The number of carbonyl (C=O) groups excluding carboxylic acids is 4. The molecule has 12 heteroatoms. The standard InChI is InChI=1S/C21H15Cl5N2O5/c1-8(2)18(21(32)33-7-11(29)27-10-5-3-4-9(22)6-10)28-19(30)12-13(20(28)31)15(24)17(26)16(25)14(12)23/h3-6,8,18H,7H2,1-2H3,(H,27,29)/t18-/m0/s1. The van der Waals surface area contributed by atoms with Gasteiger partial charge in [-0.1, -0.05) is 77.9 Å². The highest BCUT2D eigenvalue weighted by Crippen LogP contribution is 2.45. The number of ether oxygens (including phenoxy) is 1. The van der Waals surface area contributed by atoms with Gasteiger partial charge in [-0.05, 0) is 24.1 Å². The van der Waals surface area contributed by atoms with Crippen molar-refractivity contribution in [3.63, 3.8) is 0 Å². The fourth-order valence-corrected chi connectivity index (χ4v) is 4.48. The topological polar surface area (TPSA) is 92.8 Å². The Balaban J connectivity index is 1.81. The number of fused-ring (bicyclic) bond motifs is 1. The van der Waals surface area contributed by atoms with Gasteiger partial charge in [0.1, 0.15) is 6.04 Å². The van der Waals surface area contributed by atoms with Gasteiger partial charge < -0.3 is 10.1 Å². The van der Waals surface area contributed by atoms with E-state index >= 15 is 0 Å². The Kier molecular flexibility index (Phi) is 7.81. The Morgan fingerprint density at radius 3 is 1.97 bits per heavy atom. The summed E-state index contributed by atoms with van der Waals surface area (Å²) in [4.78, 5) is 51.8. The van der Waals surface area contributed by atoms with Crippen LogP contribution in [0.5, 0.6) is 0 Å². The molecule has 0 aromatic heterocycles. The number of halogens is 5. The Labute approximate surface area is 213 Å². The molecule has 33 heavy (non-hydrogen) atoms. The van der Waals surface area contributed by atoms with E-state index in [1.165, 1.54) is 6.07 Å². The summed E-state index contributed by atoms with van der Waals surface area (Å²) >= 11 is 30.2. The number of carbonyl (C=O) groups is 4. The van der Waals surface area contributed by atoms with Gasteiger partial charge in [0, 0.05) is 10.7 Å². The Morgan fingerprint density at radius 1 is 0.939 bits per heavy atom. The zero-order valence-corrected chi connectivity index (χ0v) is 20.8. The van der Waals surface area contributed by atoms with Crippen LogP contribution in [0.1, 0.15) is 34.6 Å². The van der Waals surface area contributed by atoms with Crippen molar-refractivity contribution < 1.29 is 23.9 Å². The third kappa shape index (κ3) is 4.93. The molecule has 0 saturated heterocycles. The van der Waals surface area contributed by atoms with Crippen LogP contribution in [-0.2, 0) is 14.3 Å². The first-order valence-corrected chi connectivity index (χ1v) is 11.3. The van der Waals surface area contributed by atoms with E-state index in [0.29, 0.717) is 15.6 Å². The third-order valence-corrected chi connectivity index (χ3v) is 6.77. The second kappa shape index (κ2) is 10.1. The van der Waals surface area contributed by atoms with Crippen LogP contribution in [0.4, 0.5) is 5.69 Å². The minimum Gasteiger partial charge on any atom is -0.454 e. The highest BCUT2D eigenvalue weighted by molar-refractivity contribution is 6.55. The molecule has 7 nitrogen and oxygen atoms in total. The van der Waals surface area contributed by atoms with E-state index in [2.05, 4.69) is 5.32 Å². The van der Waals surface area contributed by atoms with Gasteiger partial charge in [-0.2, -0.15) is 0 Å². The van der Waals surface area contributed by atoms with Crippen molar-refractivity contribution in [1.29, 1.82) is 0 Å². The summed E-state index contributed by atoms with van der Waals surface area (Å²) in [6, 6.07) is 5.02. The van der Waals surface area contributed by atoms with E-state index in [1.807, 2.05) is 0 Å². The van der Waals surface area contributed by atoms with Crippen molar-refractivity contribution in [3.05, 3.63) is 60.5 Å². The van der Waals surface area contributed by atoms with Crippen LogP contribution in [0.25, 0.3) is 0 Å². The van der Waals surface area contributed by atoms with Crippen molar-refractivity contribution in [2.24, 2.45) is 5.92 Å². The molecule has 0 fully saturated rings. The average Bonchev–Trinajstić information content (AvgIpc) is 3.00. The molecule has 3 amide bonds. The zero-order valence-electron chi connectivity index (χ0n) is 17.0. The molecule has 2 aromatic carbocycles. The molecule has 1 N–H and O–H groups in total. The molecule has 174 valence electrons. The average molecular weight is 553 g/mol. The first-order valence-electron chi connectivity index (χ1n) is 9.41. The Bertz CT molecular complexity index is 1140. The van der Waals surface area contributed by atoms with Gasteiger partial charge in [-0.15, -0.1) is 0 Å². The summed E-state index contributed by atoms with van der Waals surface area (Å²) in [5.41, 5.74) is -0.0984. The summed E-state index contributed by atoms with van der Waals surface area (Å²) in [6.45, 7) is 2.55. The lowest BCUT2D eigenvalue weighted by Crippen LogP contribution is -2.49. The minimum absolute atomic E-state index is 0.188. The summed E-state index contributed by atoms with van der Waals surface area (Å²) in [5.74, 6) is -3.93. The second-order valence-electron chi connectivity index (χ2n) is 7.34. The zero-order chi connectivity index (χ0) is 24.6. The highest BCUT2D eigenvalue weighted by Gasteiger charge is 2.48. The van der Waals surface area contributed by atoms with E-state index in [-0.39, 0.29) is 31.2 Å². The fourth-order valence-electron chi connectivity index (χ4n) is 3.28. The Hall–Kier alpha value is -2.03. The number of hydrogen-bond acceptors (Lipinski definition) is 5. The molecule has 0 radical (unpaired) electrons. The van der Waals surface area contributed by atoms with Crippen molar-refractivity contribution in [2.75, 3.05) is 11.9 Å². The van der Waals surface area contributed by atoms with Crippen LogP contribution >= 0.6 is 58.0 Å². The highest BCUT2D eigenvalue weighted by atomic mass is 35.5. The lowest BCUT2D eigenvalue weighted by Gasteiger charge is -2.27. The van der Waals surface area contributed by atoms with Gasteiger partial charge in [0.25, 0.3) is 17.7 Å². The van der Waals surface area contributed by atoms with Crippen LogP contribution in [0.2, 0.25) is 25.1 Å². The molecule has 2 aromatic rings. The number of benzene rings is 2. The SMILES string of the molecule is CC(C)[C@@H](C(=O)OCC(=O)Nc1cccc(Cl)c1)N1C(=O)c2c(Cl)c(Cl)c(Cl)c(Cl)c2C1=O. The van der Waals surface area contributed by atoms with Crippen molar-refractivity contribution in [1.82, 2.24) is 4.90 Å². The first kappa shape index (κ1) is 25.6. The lowest BCUT2D eigenvalue weighted by atomic mass is 10.0. The van der Waals surface area contributed by atoms with Gasteiger partial charge in [0.15, 0.2) is 6.61 Å². The number of anilines is 1. The third-order valence-electron chi connectivity index (χ3n) is 4.74. The van der Waals surface area contributed by atoms with Crippen LogP contribution in [0.15, 0.2) is 24.3 Å². The van der Waals surface area contributed by atoms with Crippen molar-refractivity contribution in [2.45, 2.75) is 19.9 Å². The minimum atomic E-state index is -1.36. The molecule has 1 aliphatic rings. The predicted octanol–water partition coefficient (Wildman–Crippen LogP) is 5.76. The maximum Gasteiger partial charge on any atom is 0.330 e. The summed E-state index contributed by atoms with van der Waals surface area (Å²) in [6.07, 6.45) is 0. The van der Waals surface area contributed by atoms with E-state index in [9.17, 15) is 19.2 Å². The molecule has 0 spiro atoms. The van der Waals surface area contributed by atoms with Crippen LogP contribution < -0.4 is 5.32 Å². The van der Waals surface area contributed by atoms with Crippen molar-refractivity contribution in [3.8, 4) is 0 Å². The molecule has 1 aliphatic heterocycles. The Morgan fingerprint density at radius 2 is 1.48 bits per heavy atom. The molecule has 0 aliphatic carbocycles. The normalized spacial score (nSPS) is 13.9. The lowest BCUT2D eigenvalue weighted by molar-refractivity contribution is -0.152.